The molecule has 2 nitrogen and oxygen atoms in total. The van der Waals surface area contributed by atoms with Crippen molar-refractivity contribution >= 4 is 5.82 Å². The van der Waals surface area contributed by atoms with Gasteiger partial charge in [0.1, 0.15) is 5.82 Å². The van der Waals surface area contributed by atoms with Crippen LogP contribution in [0.1, 0.15) is 18.1 Å². The zero-order chi connectivity index (χ0) is 12.1. The second-order valence-corrected chi connectivity index (χ2v) is 3.82. The first kappa shape index (κ1) is 11.6. The summed E-state index contributed by atoms with van der Waals surface area (Å²) in [4.78, 5) is 3.77. The summed E-state index contributed by atoms with van der Waals surface area (Å²) in [7, 11) is 0. The summed E-state index contributed by atoms with van der Waals surface area (Å²) in [5.41, 5.74) is 2.53. The van der Waals surface area contributed by atoms with E-state index >= 15 is 0 Å². The maximum absolute atomic E-state index is 12.9. The molecule has 0 saturated heterocycles. The number of anilines is 1. The Balaban J connectivity index is 2.07. The minimum Gasteiger partial charge on any atom is -0.366 e. The van der Waals surface area contributed by atoms with Crippen molar-refractivity contribution < 1.29 is 4.39 Å². The van der Waals surface area contributed by atoms with E-state index in [4.69, 9.17) is 0 Å². The molecule has 1 heterocycles. The van der Waals surface area contributed by atoms with Gasteiger partial charge in [0.2, 0.25) is 5.95 Å². The van der Waals surface area contributed by atoms with Gasteiger partial charge in [0.05, 0.1) is 0 Å². The van der Waals surface area contributed by atoms with E-state index in [0.29, 0.717) is 12.4 Å². The Kier molecular flexibility index (Phi) is 3.70. The zero-order valence-corrected chi connectivity index (χ0v) is 9.78. The quantitative estimate of drug-likeness (QED) is 0.814. The highest BCUT2D eigenvalue weighted by molar-refractivity contribution is 5.37. The number of aryl methyl sites for hydroxylation is 1. The molecule has 3 heteroatoms. The first-order chi connectivity index (χ1) is 8.29. The Labute approximate surface area is 101 Å². The number of nitrogens with zero attached hydrogens (tertiary/aromatic N) is 1. The van der Waals surface area contributed by atoms with Crippen molar-refractivity contribution in [1.82, 2.24) is 4.98 Å². The highest BCUT2D eigenvalue weighted by Crippen LogP contribution is 2.12. The zero-order valence-electron chi connectivity index (χ0n) is 9.78. The van der Waals surface area contributed by atoms with E-state index in [0.717, 1.165) is 6.42 Å². The monoisotopic (exact) mass is 230 g/mol. The molecule has 1 aromatic carbocycles. The maximum atomic E-state index is 12.9. The smallest absolute Gasteiger partial charge is 0.214 e. The lowest BCUT2D eigenvalue weighted by Crippen LogP contribution is -2.04. The highest BCUT2D eigenvalue weighted by Gasteiger charge is 2.00. The molecule has 0 saturated carbocycles. The summed E-state index contributed by atoms with van der Waals surface area (Å²) in [6, 6.07) is 13.0. The maximum Gasteiger partial charge on any atom is 0.214 e. The summed E-state index contributed by atoms with van der Waals surface area (Å²) < 4.78 is 12.9. The van der Waals surface area contributed by atoms with E-state index in [1.807, 2.05) is 12.1 Å². The van der Waals surface area contributed by atoms with Crippen molar-refractivity contribution in [2.24, 2.45) is 0 Å². The minimum absolute atomic E-state index is 0.459. The van der Waals surface area contributed by atoms with Crippen LogP contribution in [0.4, 0.5) is 10.2 Å². The number of hydrogen-bond donors (Lipinski definition) is 1. The van der Waals surface area contributed by atoms with E-state index in [1.165, 1.54) is 17.2 Å². The summed E-state index contributed by atoms with van der Waals surface area (Å²) in [5.74, 6) is 0.106. The second kappa shape index (κ2) is 5.43. The number of halogens is 1. The van der Waals surface area contributed by atoms with Gasteiger partial charge in [-0.2, -0.15) is 4.39 Å². The van der Waals surface area contributed by atoms with Crippen LogP contribution in [0.15, 0.2) is 42.5 Å². The Bertz CT molecular complexity index is 497. The SMILES string of the molecule is CCc1ccccc1CNc1cccc(F)n1. The van der Waals surface area contributed by atoms with Crippen LogP contribution in [0, 0.1) is 5.95 Å². The standard InChI is InChI=1S/C14H15FN2/c1-2-11-6-3-4-7-12(11)10-16-14-9-5-8-13(15)17-14/h3-9H,2,10H2,1H3,(H,16,17). The average molecular weight is 230 g/mol. The molecule has 88 valence electrons. The van der Waals surface area contributed by atoms with Crippen LogP contribution in [0.25, 0.3) is 0 Å². The van der Waals surface area contributed by atoms with Gasteiger partial charge in [-0.3, -0.25) is 0 Å². The lowest BCUT2D eigenvalue weighted by molar-refractivity contribution is 0.585. The van der Waals surface area contributed by atoms with E-state index in [-0.39, 0.29) is 0 Å². The molecule has 0 spiro atoms. The van der Waals surface area contributed by atoms with Gasteiger partial charge in [-0.15, -0.1) is 0 Å². The normalized spacial score (nSPS) is 10.2. The lowest BCUT2D eigenvalue weighted by atomic mass is 10.1. The molecule has 0 bridgehead atoms. The van der Waals surface area contributed by atoms with Gasteiger partial charge in [-0.1, -0.05) is 37.3 Å². The van der Waals surface area contributed by atoms with Gasteiger partial charge in [0.15, 0.2) is 0 Å². The predicted molar refractivity (Wildman–Crippen MR) is 67.3 cm³/mol. The van der Waals surface area contributed by atoms with Gasteiger partial charge < -0.3 is 5.32 Å². The van der Waals surface area contributed by atoms with Crippen molar-refractivity contribution in [3.63, 3.8) is 0 Å². The van der Waals surface area contributed by atoms with Gasteiger partial charge in [-0.25, -0.2) is 4.98 Å². The Morgan fingerprint density at radius 1 is 1.06 bits per heavy atom. The van der Waals surface area contributed by atoms with Gasteiger partial charge >= 0.3 is 0 Å². The topological polar surface area (TPSA) is 24.9 Å². The number of pyridine rings is 1. The fourth-order valence-electron chi connectivity index (χ4n) is 1.77. The molecule has 0 amide bonds. The number of nitrogens with one attached hydrogen (secondary N) is 1. The van der Waals surface area contributed by atoms with E-state index in [1.54, 1.807) is 12.1 Å². The Morgan fingerprint density at radius 2 is 1.82 bits per heavy atom. The Morgan fingerprint density at radius 3 is 2.53 bits per heavy atom. The van der Waals surface area contributed by atoms with Crippen LogP contribution in [-0.2, 0) is 13.0 Å². The number of benzene rings is 1. The minimum atomic E-state index is -0.459. The lowest BCUT2D eigenvalue weighted by Gasteiger charge is -2.09. The molecular formula is C14H15FN2. The molecule has 0 atom stereocenters. The molecule has 0 radical (unpaired) electrons. The number of hydrogen-bond acceptors (Lipinski definition) is 2. The van der Waals surface area contributed by atoms with Crippen LogP contribution in [0.5, 0.6) is 0 Å². The van der Waals surface area contributed by atoms with Crippen LogP contribution in [0.2, 0.25) is 0 Å². The fourth-order valence-corrected chi connectivity index (χ4v) is 1.77. The molecule has 1 N–H and O–H groups in total. The van der Waals surface area contributed by atoms with Crippen molar-refractivity contribution in [2.75, 3.05) is 5.32 Å². The van der Waals surface area contributed by atoms with Crippen LogP contribution < -0.4 is 5.32 Å². The molecule has 0 unspecified atom stereocenters. The van der Waals surface area contributed by atoms with Gasteiger partial charge in [-0.05, 0) is 29.7 Å². The van der Waals surface area contributed by atoms with Gasteiger partial charge in [0.25, 0.3) is 0 Å². The van der Waals surface area contributed by atoms with Crippen LogP contribution in [0.3, 0.4) is 0 Å². The van der Waals surface area contributed by atoms with Crippen molar-refractivity contribution in [1.29, 1.82) is 0 Å². The number of aromatic nitrogens is 1. The molecule has 0 aliphatic heterocycles. The summed E-state index contributed by atoms with van der Waals surface area (Å²) >= 11 is 0. The molecule has 2 aromatic rings. The molecular weight excluding hydrogens is 215 g/mol. The molecule has 2 rings (SSSR count). The third-order valence-corrected chi connectivity index (χ3v) is 2.67. The summed E-state index contributed by atoms with van der Waals surface area (Å²) in [5, 5.41) is 3.13. The largest absolute Gasteiger partial charge is 0.366 e. The van der Waals surface area contributed by atoms with Crippen LogP contribution >= 0.6 is 0 Å². The molecule has 17 heavy (non-hydrogen) atoms. The summed E-state index contributed by atoms with van der Waals surface area (Å²) in [6.07, 6.45) is 0.994. The molecule has 0 aliphatic rings. The van der Waals surface area contributed by atoms with Gasteiger partial charge in [0, 0.05) is 6.54 Å². The average Bonchev–Trinajstić information content (AvgIpc) is 2.37. The molecule has 0 aliphatic carbocycles. The fraction of sp³-hybridized carbons (Fsp3) is 0.214. The second-order valence-electron chi connectivity index (χ2n) is 3.82. The number of rotatable bonds is 4. The third kappa shape index (κ3) is 3.03. The van der Waals surface area contributed by atoms with Crippen molar-refractivity contribution in [2.45, 2.75) is 19.9 Å². The van der Waals surface area contributed by atoms with E-state index in [2.05, 4.69) is 29.4 Å². The molecule has 0 fully saturated rings. The first-order valence-corrected chi connectivity index (χ1v) is 5.73. The predicted octanol–water partition coefficient (Wildman–Crippen LogP) is 3.40. The highest BCUT2D eigenvalue weighted by atomic mass is 19.1. The molecule has 1 aromatic heterocycles. The summed E-state index contributed by atoms with van der Waals surface area (Å²) in [6.45, 7) is 2.79. The van der Waals surface area contributed by atoms with Crippen molar-refractivity contribution in [3.05, 3.63) is 59.5 Å². The van der Waals surface area contributed by atoms with Crippen LogP contribution in [-0.4, -0.2) is 4.98 Å². The third-order valence-electron chi connectivity index (χ3n) is 2.67. The van der Waals surface area contributed by atoms with E-state index in [9.17, 15) is 4.39 Å². The van der Waals surface area contributed by atoms with E-state index < -0.39 is 5.95 Å². The Hall–Kier alpha value is -1.90. The van der Waals surface area contributed by atoms with Crippen molar-refractivity contribution in [3.8, 4) is 0 Å². The first-order valence-electron chi connectivity index (χ1n) is 5.73.